The van der Waals surface area contributed by atoms with Gasteiger partial charge in [-0.1, -0.05) is 25.2 Å². The molecule has 0 atom stereocenters. The van der Waals surface area contributed by atoms with Crippen molar-refractivity contribution in [3.63, 3.8) is 0 Å². The fourth-order valence-electron chi connectivity index (χ4n) is 2.95. The monoisotopic (exact) mass is 471 g/mol. The topological polar surface area (TPSA) is 0 Å². The van der Waals surface area contributed by atoms with E-state index in [1.54, 1.807) is 0 Å². The van der Waals surface area contributed by atoms with Crippen molar-refractivity contribution in [2.75, 3.05) is 0 Å². The Morgan fingerprint density at radius 2 is 1.44 bits per heavy atom. The van der Waals surface area contributed by atoms with Gasteiger partial charge in [0.1, 0.15) is 0 Å². The normalized spacial score (nSPS) is 13.9. The van der Waals surface area contributed by atoms with Gasteiger partial charge in [0, 0.05) is 0 Å². The van der Waals surface area contributed by atoms with Crippen LogP contribution in [-0.2, 0) is 24.2 Å². The minimum absolute atomic E-state index is 0. The molecule has 0 aromatic heterocycles. The first kappa shape index (κ1) is 23.8. The molecule has 0 spiro atoms. The Morgan fingerprint density at radius 3 is 1.85 bits per heavy atom. The van der Waals surface area contributed by atoms with Gasteiger partial charge in [0.05, 0.1) is 0 Å². The maximum absolute atomic E-state index is 3.30. The zero-order valence-corrected chi connectivity index (χ0v) is 19.4. The Balaban J connectivity index is 0.000000257. The Kier molecular flexibility index (Phi) is 10.8. The van der Waals surface area contributed by atoms with Gasteiger partial charge in [-0.15, -0.1) is 36.8 Å². The van der Waals surface area contributed by atoms with Crippen molar-refractivity contribution < 1.29 is 24.2 Å². The summed E-state index contributed by atoms with van der Waals surface area (Å²) in [6, 6.07) is 21.1. The molecule has 2 aromatic rings. The third-order valence-electron chi connectivity index (χ3n) is 4.32. The van der Waals surface area contributed by atoms with E-state index in [0.717, 1.165) is 12.8 Å². The van der Waals surface area contributed by atoms with E-state index in [4.69, 9.17) is 0 Å². The van der Waals surface area contributed by atoms with E-state index in [-0.39, 0.29) is 24.8 Å². The van der Waals surface area contributed by atoms with Crippen molar-refractivity contribution in [1.82, 2.24) is 0 Å². The summed E-state index contributed by atoms with van der Waals surface area (Å²) < 4.78 is 1.42. The van der Waals surface area contributed by atoms with Crippen LogP contribution in [-0.4, -0.2) is 3.21 Å². The molecule has 27 heavy (non-hydrogen) atoms. The molecule has 0 nitrogen and oxygen atoms in total. The molecule has 138 valence electrons. The molecular weight excluding hydrogens is 450 g/mol. The van der Waals surface area contributed by atoms with Crippen LogP contribution in [0.4, 0.5) is 0 Å². The van der Waals surface area contributed by atoms with Crippen LogP contribution in [0.25, 0.3) is 0 Å². The fourth-order valence-corrected chi connectivity index (χ4v) is 3.77. The molecular formula is C24H23Cl2Zr-. The third kappa shape index (κ3) is 6.68. The van der Waals surface area contributed by atoms with Crippen molar-refractivity contribution in [1.29, 1.82) is 0 Å². The van der Waals surface area contributed by atoms with Crippen LogP contribution < -0.4 is 0 Å². The van der Waals surface area contributed by atoms with Gasteiger partial charge < -0.3 is 0 Å². The molecule has 2 aromatic carbocycles. The van der Waals surface area contributed by atoms with Crippen molar-refractivity contribution >= 4 is 28.0 Å². The summed E-state index contributed by atoms with van der Waals surface area (Å²) in [6.45, 7) is 2.14. The standard InChI is InChI=1S/C13H10.C11H11.2ClH.Zr/c1-3-7-12(8-4-1)11-13-9-5-2-6-10-13;1-9-5-4-8-11(9)10-6-2-3-7-10;;;/h1-10H;2-3,6,8H,4,7H2,1H3;2*1H;/q;-1;;;. The van der Waals surface area contributed by atoms with Crippen LogP contribution in [0.15, 0.2) is 102 Å². The van der Waals surface area contributed by atoms with E-state index >= 15 is 0 Å². The van der Waals surface area contributed by atoms with Gasteiger partial charge in [-0.25, -0.2) is 5.57 Å². The second-order valence-electron chi connectivity index (χ2n) is 6.05. The summed E-state index contributed by atoms with van der Waals surface area (Å²) in [4.78, 5) is 0. The molecule has 3 heteroatoms. The van der Waals surface area contributed by atoms with E-state index in [2.05, 4.69) is 98.0 Å². The van der Waals surface area contributed by atoms with Crippen LogP contribution in [0.1, 0.15) is 30.9 Å². The molecule has 0 saturated heterocycles. The van der Waals surface area contributed by atoms with Gasteiger partial charge in [0.15, 0.2) is 0 Å². The van der Waals surface area contributed by atoms with Gasteiger partial charge in [-0.2, -0.15) is 11.6 Å². The molecule has 2 aliphatic rings. The molecule has 0 fully saturated rings. The molecule has 0 bridgehead atoms. The Hall–Kier alpha value is -1.27. The molecule has 0 aliphatic heterocycles. The number of hydrogen-bond acceptors (Lipinski definition) is 0. The van der Waals surface area contributed by atoms with Gasteiger partial charge in [0.25, 0.3) is 0 Å². The maximum atomic E-state index is 3.30. The average molecular weight is 474 g/mol. The van der Waals surface area contributed by atoms with E-state index in [1.807, 2.05) is 0 Å². The third-order valence-corrected chi connectivity index (χ3v) is 5.74. The summed E-state index contributed by atoms with van der Waals surface area (Å²) in [5.74, 6) is 0. The fraction of sp³-hybridized carbons (Fsp3) is 0.125. The van der Waals surface area contributed by atoms with Crippen LogP contribution in [0.5, 0.6) is 0 Å². The summed E-state index contributed by atoms with van der Waals surface area (Å²) in [5, 5.41) is 0. The first-order valence-corrected chi connectivity index (χ1v) is 9.82. The summed E-state index contributed by atoms with van der Waals surface area (Å²) in [6.07, 6.45) is 14.2. The Bertz CT molecular complexity index is 818. The predicted molar refractivity (Wildman–Crippen MR) is 118 cm³/mol. The van der Waals surface area contributed by atoms with Gasteiger partial charge in [-0.3, -0.25) is 6.08 Å². The van der Waals surface area contributed by atoms with Crippen LogP contribution >= 0.6 is 24.8 Å². The van der Waals surface area contributed by atoms with E-state index in [0.29, 0.717) is 0 Å². The van der Waals surface area contributed by atoms with E-state index in [9.17, 15) is 0 Å². The molecule has 0 saturated carbocycles. The second kappa shape index (κ2) is 12.2. The summed E-state index contributed by atoms with van der Waals surface area (Å²) >= 11 is 1.46. The molecule has 0 unspecified atom stereocenters. The van der Waals surface area contributed by atoms with Gasteiger partial charge >= 0.3 is 99.2 Å². The summed E-state index contributed by atoms with van der Waals surface area (Å²) in [7, 11) is 0. The van der Waals surface area contributed by atoms with Crippen LogP contribution in [0, 0.1) is 6.08 Å². The van der Waals surface area contributed by atoms with Crippen molar-refractivity contribution in [3.8, 4) is 0 Å². The predicted octanol–water partition coefficient (Wildman–Crippen LogP) is 6.60. The Labute approximate surface area is 189 Å². The van der Waals surface area contributed by atoms with Crippen LogP contribution in [0.3, 0.4) is 0 Å². The SMILES string of the molecule is CC1=[C-]CC=C1C1=CC=CC1.Cl.Cl.[Zr]=[C](c1ccccc1)c1ccccc1. The quantitative estimate of drug-likeness (QED) is 0.441. The molecule has 0 radical (unpaired) electrons. The van der Waals surface area contributed by atoms with Gasteiger partial charge in [-0.05, 0) is 6.42 Å². The Morgan fingerprint density at radius 1 is 0.889 bits per heavy atom. The van der Waals surface area contributed by atoms with E-state index in [1.165, 1.54) is 55.3 Å². The van der Waals surface area contributed by atoms with E-state index < -0.39 is 0 Å². The molecule has 2 aliphatic carbocycles. The van der Waals surface area contributed by atoms with Crippen molar-refractivity contribution in [2.45, 2.75) is 19.8 Å². The summed E-state index contributed by atoms with van der Waals surface area (Å²) in [5.41, 5.74) is 6.84. The first-order chi connectivity index (χ1) is 12.3. The zero-order valence-electron chi connectivity index (χ0n) is 15.3. The van der Waals surface area contributed by atoms with Crippen LogP contribution in [0.2, 0.25) is 0 Å². The number of rotatable bonds is 3. The second-order valence-corrected chi connectivity index (χ2v) is 7.28. The number of hydrogen-bond donors (Lipinski definition) is 0. The van der Waals surface area contributed by atoms with Gasteiger partial charge in [0.2, 0.25) is 0 Å². The number of allylic oxidation sites excluding steroid dienone is 8. The first-order valence-electron chi connectivity index (χ1n) is 8.59. The molecule has 0 heterocycles. The zero-order chi connectivity index (χ0) is 17.5. The van der Waals surface area contributed by atoms with Crippen molar-refractivity contribution in [3.05, 3.63) is 119 Å². The number of halogens is 2. The van der Waals surface area contributed by atoms with Crippen molar-refractivity contribution in [2.24, 2.45) is 0 Å². The minimum atomic E-state index is 0. The number of benzene rings is 2. The molecule has 4 rings (SSSR count). The average Bonchev–Trinajstić information content (AvgIpc) is 3.34. The molecule has 0 N–H and O–H groups in total. The molecule has 0 amide bonds.